The molecule has 3 aromatic rings. The molecule has 0 aromatic heterocycles. The number of aliphatic hydroxyl groups is 2. The molecule has 3 aliphatic carbocycles. The Bertz CT molecular complexity index is 879. The maximum absolute atomic E-state index is 9.88. The molecule has 6 rings (SSSR count). The third kappa shape index (κ3) is 1.62. The van der Waals surface area contributed by atoms with Gasteiger partial charge in [0.15, 0.2) is 0 Å². The van der Waals surface area contributed by atoms with Crippen LogP contribution >= 0.6 is 0 Å². The number of hydrogen-bond acceptors (Lipinski definition) is 2. The Morgan fingerprint density at radius 2 is 0.958 bits per heavy atom. The second-order valence-corrected chi connectivity index (χ2v) is 6.65. The van der Waals surface area contributed by atoms with E-state index in [4.69, 9.17) is 0 Å². The summed E-state index contributed by atoms with van der Waals surface area (Å²) in [5, 5.41) is 19.8. The Kier molecular flexibility index (Phi) is 2.93. The van der Waals surface area contributed by atoms with Crippen molar-refractivity contribution < 1.29 is 10.2 Å². The van der Waals surface area contributed by atoms with E-state index in [1.807, 2.05) is 24.3 Å². The van der Waals surface area contributed by atoms with Gasteiger partial charge in [-0.25, -0.2) is 0 Å². The van der Waals surface area contributed by atoms with Crippen LogP contribution in [0.15, 0.2) is 60.7 Å². The van der Waals surface area contributed by atoms with E-state index in [1.165, 1.54) is 33.4 Å². The molecule has 0 amide bonds. The Morgan fingerprint density at radius 3 is 1.38 bits per heavy atom. The van der Waals surface area contributed by atoms with Gasteiger partial charge in [-0.2, -0.15) is 0 Å². The first-order valence-electron chi connectivity index (χ1n) is 8.39. The molecule has 3 aromatic carbocycles. The zero-order valence-electron chi connectivity index (χ0n) is 13.2. The lowest BCUT2D eigenvalue weighted by molar-refractivity contribution is 0.278. The van der Waals surface area contributed by atoms with Crippen molar-refractivity contribution >= 4 is 0 Å². The number of rotatable bonds is 2. The number of hydrogen-bond donors (Lipinski definition) is 2. The predicted octanol–water partition coefficient (Wildman–Crippen LogP) is 3.66. The van der Waals surface area contributed by atoms with Crippen LogP contribution in [0.2, 0.25) is 0 Å². The molecule has 2 bridgehead atoms. The zero-order valence-corrected chi connectivity index (χ0v) is 13.2. The summed E-state index contributed by atoms with van der Waals surface area (Å²) < 4.78 is 0. The molecule has 0 radical (unpaired) electrons. The first-order valence-corrected chi connectivity index (χ1v) is 8.39. The van der Waals surface area contributed by atoms with Crippen molar-refractivity contribution in [3.63, 3.8) is 0 Å². The lowest BCUT2D eigenvalue weighted by Crippen LogP contribution is -2.29. The van der Waals surface area contributed by atoms with E-state index < -0.39 is 0 Å². The van der Waals surface area contributed by atoms with Gasteiger partial charge in [0.05, 0.1) is 13.2 Å². The van der Waals surface area contributed by atoms with E-state index in [9.17, 15) is 10.2 Å². The fourth-order valence-electron chi connectivity index (χ4n) is 4.74. The van der Waals surface area contributed by atoms with Crippen LogP contribution in [0, 0.1) is 0 Å². The zero-order chi connectivity index (χ0) is 16.3. The fraction of sp³-hybridized carbons (Fsp3) is 0.182. The van der Waals surface area contributed by atoms with Crippen LogP contribution in [-0.4, -0.2) is 10.2 Å². The molecular formula is C22H18O2. The molecule has 24 heavy (non-hydrogen) atoms. The first kappa shape index (κ1) is 14.0. The Hall–Kier alpha value is -2.42. The van der Waals surface area contributed by atoms with E-state index in [1.54, 1.807) is 0 Å². The standard InChI is InChI=1S/C22H18O2/c23-11-13-5-4-10-18-19(13)21-15-7-1-2-8-16(15)22(18)20-14(12-24)6-3-9-17(20)21/h1-10,21-24H,11-12H2. The Morgan fingerprint density at radius 1 is 0.542 bits per heavy atom. The van der Waals surface area contributed by atoms with Crippen molar-refractivity contribution in [3.05, 3.63) is 105 Å². The molecule has 0 saturated heterocycles. The van der Waals surface area contributed by atoms with E-state index in [-0.39, 0.29) is 25.0 Å². The average Bonchev–Trinajstić information content (AvgIpc) is 2.66. The van der Waals surface area contributed by atoms with Crippen LogP contribution in [0.1, 0.15) is 56.3 Å². The van der Waals surface area contributed by atoms with Gasteiger partial charge in [-0.15, -0.1) is 0 Å². The normalized spacial score (nSPS) is 19.6. The molecule has 0 spiro atoms. The highest BCUT2D eigenvalue weighted by molar-refractivity contribution is 5.70. The summed E-state index contributed by atoms with van der Waals surface area (Å²) in [4.78, 5) is 0. The summed E-state index contributed by atoms with van der Waals surface area (Å²) in [5.74, 6) is 0.289. The Labute approximate surface area is 141 Å². The minimum absolute atomic E-state index is 0.0591. The van der Waals surface area contributed by atoms with Gasteiger partial charge in [-0.1, -0.05) is 60.7 Å². The van der Waals surface area contributed by atoms with E-state index in [2.05, 4.69) is 36.4 Å². The summed E-state index contributed by atoms with van der Waals surface area (Å²) in [6.45, 7) is 0.118. The summed E-state index contributed by atoms with van der Waals surface area (Å²) in [7, 11) is 0. The Balaban J connectivity index is 1.91. The van der Waals surface area contributed by atoms with Gasteiger partial charge >= 0.3 is 0 Å². The van der Waals surface area contributed by atoms with Crippen LogP contribution in [0.4, 0.5) is 0 Å². The molecule has 2 unspecified atom stereocenters. The third-order valence-corrected chi connectivity index (χ3v) is 5.62. The minimum Gasteiger partial charge on any atom is -0.392 e. The minimum atomic E-state index is 0.0591. The van der Waals surface area contributed by atoms with Crippen LogP contribution < -0.4 is 0 Å². The maximum atomic E-state index is 9.88. The van der Waals surface area contributed by atoms with Gasteiger partial charge in [0.25, 0.3) is 0 Å². The van der Waals surface area contributed by atoms with Crippen molar-refractivity contribution in [3.8, 4) is 0 Å². The van der Waals surface area contributed by atoms with Gasteiger partial charge < -0.3 is 10.2 Å². The van der Waals surface area contributed by atoms with Crippen LogP contribution in [0.5, 0.6) is 0 Å². The van der Waals surface area contributed by atoms with E-state index in [0.29, 0.717) is 0 Å². The van der Waals surface area contributed by atoms with Crippen LogP contribution in [0.3, 0.4) is 0 Å². The van der Waals surface area contributed by atoms with Gasteiger partial charge in [0, 0.05) is 11.8 Å². The summed E-state index contributed by atoms with van der Waals surface area (Å²) >= 11 is 0. The quantitative estimate of drug-likeness (QED) is 0.522. The highest BCUT2D eigenvalue weighted by Crippen LogP contribution is 2.57. The van der Waals surface area contributed by atoms with Crippen molar-refractivity contribution in [2.45, 2.75) is 25.0 Å². The van der Waals surface area contributed by atoms with Gasteiger partial charge in [0.1, 0.15) is 0 Å². The molecule has 118 valence electrons. The topological polar surface area (TPSA) is 40.5 Å². The largest absolute Gasteiger partial charge is 0.392 e. The molecule has 0 heterocycles. The van der Waals surface area contributed by atoms with Crippen LogP contribution in [-0.2, 0) is 13.2 Å². The molecule has 3 aliphatic rings. The van der Waals surface area contributed by atoms with E-state index >= 15 is 0 Å². The van der Waals surface area contributed by atoms with Crippen molar-refractivity contribution in [2.75, 3.05) is 0 Å². The second kappa shape index (κ2) is 5.04. The van der Waals surface area contributed by atoms with E-state index in [0.717, 1.165) is 11.1 Å². The average molecular weight is 314 g/mol. The number of aliphatic hydroxyl groups excluding tert-OH is 2. The second-order valence-electron chi connectivity index (χ2n) is 6.65. The predicted molar refractivity (Wildman–Crippen MR) is 93.1 cm³/mol. The molecule has 2 atom stereocenters. The first-order chi connectivity index (χ1) is 11.8. The lowest BCUT2D eigenvalue weighted by atomic mass is 9.59. The molecule has 2 heteroatoms. The van der Waals surface area contributed by atoms with Crippen molar-refractivity contribution in [1.82, 2.24) is 0 Å². The molecule has 2 nitrogen and oxygen atoms in total. The third-order valence-electron chi connectivity index (χ3n) is 5.62. The molecule has 2 N–H and O–H groups in total. The van der Waals surface area contributed by atoms with Gasteiger partial charge in [-0.05, 0) is 44.5 Å². The monoisotopic (exact) mass is 314 g/mol. The lowest BCUT2D eigenvalue weighted by Gasteiger charge is -2.44. The molecule has 0 fully saturated rings. The number of benzene rings is 3. The highest BCUT2D eigenvalue weighted by Gasteiger charge is 2.42. The summed E-state index contributed by atoms with van der Waals surface area (Å²) in [6, 6.07) is 21.1. The van der Waals surface area contributed by atoms with Crippen molar-refractivity contribution in [2.24, 2.45) is 0 Å². The molecular weight excluding hydrogens is 296 g/mol. The molecule has 0 saturated carbocycles. The fourth-order valence-corrected chi connectivity index (χ4v) is 4.74. The maximum Gasteiger partial charge on any atom is 0.0684 e. The summed E-state index contributed by atoms with van der Waals surface area (Å²) in [6.07, 6.45) is 0. The van der Waals surface area contributed by atoms with Crippen molar-refractivity contribution in [1.29, 1.82) is 0 Å². The highest BCUT2D eigenvalue weighted by atomic mass is 16.3. The van der Waals surface area contributed by atoms with Gasteiger partial charge in [0.2, 0.25) is 0 Å². The van der Waals surface area contributed by atoms with Crippen LogP contribution in [0.25, 0.3) is 0 Å². The van der Waals surface area contributed by atoms with Gasteiger partial charge in [-0.3, -0.25) is 0 Å². The molecule has 0 aliphatic heterocycles. The SMILES string of the molecule is OCc1cccc2c1C1c3ccccc3C2c2c(CO)cccc21. The smallest absolute Gasteiger partial charge is 0.0684 e. The summed E-state index contributed by atoms with van der Waals surface area (Å²) in [5.41, 5.74) is 9.75.